The smallest absolute Gasteiger partial charge is 0.0615 e. The molecule has 0 spiro atoms. The molecule has 1 heteroatoms. The molecule has 0 aliphatic rings. The first-order valence-electron chi connectivity index (χ1n) is 6.49. The fraction of sp³-hybridized carbons (Fsp3) is 0.733. The summed E-state index contributed by atoms with van der Waals surface area (Å²) >= 11 is 0. The molecule has 0 heterocycles. The number of hydrogen-bond acceptors (Lipinski definition) is 1. The average Bonchev–Trinajstić information content (AvgIpc) is 2.17. The second-order valence-electron chi connectivity index (χ2n) is 5.17. The van der Waals surface area contributed by atoms with E-state index in [0.717, 1.165) is 12.3 Å². The minimum absolute atomic E-state index is 0.156. The molecular formula is C15H28O. The lowest BCUT2D eigenvalue weighted by Crippen LogP contribution is -1.93. The van der Waals surface area contributed by atoms with E-state index in [1.54, 1.807) is 0 Å². The van der Waals surface area contributed by atoms with E-state index in [0.29, 0.717) is 5.92 Å². The summed E-state index contributed by atoms with van der Waals surface area (Å²) in [5.41, 5.74) is 1.24. The molecule has 0 aromatic rings. The number of aliphatic hydroxyl groups is 1. The normalized spacial score (nSPS) is 15.0. The minimum atomic E-state index is 0.156. The Hall–Kier alpha value is -0.560. The van der Waals surface area contributed by atoms with Crippen LogP contribution < -0.4 is 0 Å². The van der Waals surface area contributed by atoms with Crippen molar-refractivity contribution in [2.75, 3.05) is 6.61 Å². The molecule has 0 aromatic heterocycles. The number of hydrogen-bond donors (Lipinski definition) is 1. The lowest BCUT2D eigenvalue weighted by atomic mass is 9.99. The van der Waals surface area contributed by atoms with Gasteiger partial charge in [0.25, 0.3) is 0 Å². The van der Waals surface area contributed by atoms with Crippen molar-refractivity contribution in [3.63, 3.8) is 0 Å². The van der Waals surface area contributed by atoms with E-state index in [-0.39, 0.29) is 6.61 Å². The molecule has 94 valence electrons. The third-order valence-electron chi connectivity index (χ3n) is 2.79. The molecular weight excluding hydrogens is 196 g/mol. The molecule has 0 bridgehead atoms. The highest BCUT2D eigenvalue weighted by atomic mass is 16.2. The van der Waals surface area contributed by atoms with Crippen LogP contribution >= 0.6 is 0 Å². The molecule has 1 unspecified atom stereocenters. The molecule has 1 atom stereocenters. The van der Waals surface area contributed by atoms with Crippen LogP contribution in [0.2, 0.25) is 0 Å². The Morgan fingerprint density at radius 1 is 1.19 bits per heavy atom. The molecule has 0 aliphatic heterocycles. The maximum atomic E-state index is 8.71. The van der Waals surface area contributed by atoms with Crippen molar-refractivity contribution < 1.29 is 5.11 Å². The topological polar surface area (TPSA) is 20.2 Å². The van der Waals surface area contributed by atoms with Crippen molar-refractivity contribution in [2.24, 2.45) is 11.8 Å². The fourth-order valence-electron chi connectivity index (χ4n) is 1.67. The molecule has 0 radical (unpaired) electrons. The number of rotatable bonds is 8. The van der Waals surface area contributed by atoms with Crippen LogP contribution in [0.1, 0.15) is 53.4 Å². The lowest BCUT2D eigenvalue weighted by Gasteiger charge is -2.07. The first-order valence-corrected chi connectivity index (χ1v) is 6.49. The highest BCUT2D eigenvalue weighted by Gasteiger charge is 1.98. The van der Waals surface area contributed by atoms with Crippen molar-refractivity contribution in [1.29, 1.82) is 0 Å². The van der Waals surface area contributed by atoms with Crippen molar-refractivity contribution in [3.8, 4) is 0 Å². The molecule has 1 nitrogen and oxygen atoms in total. The summed E-state index contributed by atoms with van der Waals surface area (Å²) in [6.07, 6.45) is 11.3. The monoisotopic (exact) mass is 224 g/mol. The Kier molecular flexibility index (Phi) is 9.31. The predicted octanol–water partition coefficient (Wildman–Crippen LogP) is 4.33. The summed E-state index contributed by atoms with van der Waals surface area (Å²) in [6.45, 7) is 9.06. The Morgan fingerprint density at radius 3 is 2.44 bits per heavy atom. The zero-order valence-electron chi connectivity index (χ0n) is 11.4. The summed E-state index contributed by atoms with van der Waals surface area (Å²) in [5, 5.41) is 8.71. The SMILES string of the molecule is C/C(=C\CO)C/C=C\C(C)CCCC(C)C. The van der Waals surface area contributed by atoms with Gasteiger partial charge in [0.05, 0.1) is 6.61 Å². The Balaban J connectivity index is 3.66. The highest BCUT2D eigenvalue weighted by molar-refractivity contribution is 5.05. The van der Waals surface area contributed by atoms with Gasteiger partial charge in [-0.3, -0.25) is 0 Å². The van der Waals surface area contributed by atoms with Gasteiger partial charge in [0.2, 0.25) is 0 Å². The summed E-state index contributed by atoms with van der Waals surface area (Å²) in [6, 6.07) is 0. The first-order chi connectivity index (χ1) is 7.56. The van der Waals surface area contributed by atoms with Crippen LogP contribution in [0.4, 0.5) is 0 Å². The van der Waals surface area contributed by atoms with Crippen LogP contribution in [-0.4, -0.2) is 11.7 Å². The second kappa shape index (κ2) is 9.65. The molecule has 16 heavy (non-hydrogen) atoms. The molecule has 1 N–H and O–H groups in total. The van der Waals surface area contributed by atoms with Gasteiger partial charge in [-0.1, -0.05) is 57.4 Å². The standard InChI is InChI=1S/C15H28O/c1-13(2)7-5-8-14(3)9-6-10-15(4)11-12-16/h6,9,11,13-14,16H,5,7-8,10,12H2,1-4H3/b9-6-,15-11+. The molecule has 0 aromatic carbocycles. The van der Waals surface area contributed by atoms with Crippen molar-refractivity contribution in [2.45, 2.75) is 53.4 Å². The van der Waals surface area contributed by atoms with E-state index in [1.807, 2.05) is 6.08 Å². The van der Waals surface area contributed by atoms with Gasteiger partial charge in [-0.05, 0) is 31.6 Å². The number of aliphatic hydroxyl groups excluding tert-OH is 1. The van der Waals surface area contributed by atoms with E-state index >= 15 is 0 Å². The molecule has 0 saturated carbocycles. The van der Waals surface area contributed by atoms with Crippen LogP contribution in [0.25, 0.3) is 0 Å². The van der Waals surface area contributed by atoms with Crippen molar-refractivity contribution in [1.82, 2.24) is 0 Å². The van der Waals surface area contributed by atoms with Gasteiger partial charge >= 0.3 is 0 Å². The largest absolute Gasteiger partial charge is 0.392 e. The van der Waals surface area contributed by atoms with Gasteiger partial charge in [0.1, 0.15) is 0 Å². The van der Waals surface area contributed by atoms with Crippen LogP contribution in [-0.2, 0) is 0 Å². The van der Waals surface area contributed by atoms with Crippen molar-refractivity contribution >= 4 is 0 Å². The van der Waals surface area contributed by atoms with Gasteiger partial charge in [-0.2, -0.15) is 0 Å². The minimum Gasteiger partial charge on any atom is -0.392 e. The fourth-order valence-corrected chi connectivity index (χ4v) is 1.67. The van der Waals surface area contributed by atoms with Gasteiger partial charge in [-0.15, -0.1) is 0 Å². The van der Waals surface area contributed by atoms with Gasteiger partial charge in [0.15, 0.2) is 0 Å². The van der Waals surface area contributed by atoms with Crippen LogP contribution in [0, 0.1) is 11.8 Å². The molecule has 0 rings (SSSR count). The average molecular weight is 224 g/mol. The maximum absolute atomic E-state index is 8.71. The van der Waals surface area contributed by atoms with E-state index in [1.165, 1.54) is 24.8 Å². The maximum Gasteiger partial charge on any atom is 0.0615 e. The first kappa shape index (κ1) is 15.4. The van der Waals surface area contributed by atoms with Gasteiger partial charge < -0.3 is 5.11 Å². The summed E-state index contributed by atoms with van der Waals surface area (Å²) in [7, 11) is 0. The predicted molar refractivity (Wildman–Crippen MR) is 72.5 cm³/mol. The molecule has 0 saturated heterocycles. The third kappa shape index (κ3) is 9.97. The van der Waals surface area contributed by atoms with E-state index in [2.05, 4.69) is 39.8 Å². The van der Waals surface area contributed by atoms with Gasteiger partial charge in [0, 0.05) is 0 Å². The van der Waals surface area contributed by atoms with Crippen LogP contribution in [0.5, 0.6) is 0 Å². The molecule has 0 amide bonds. The second-order valence-corrected chi connectivity index (χ2v) is 5.17. The lowest BCUT2D eigenvalue weighted by molar-refractivity contribution is 0.341. The molecule has 0 aliphatic carbocycles. The Bertz CT molecular complexity index is 213. The summed E-state index contributed by atoms with van der Waals surface area (Å²) in [4.78, 5) is 0. The van der Waals surface area contributed by atoms with Gasteiger partial charge in [-0.25, -0.2) is 0 Å². The summed E-state index contributed by atoms with van der Waals surface area (Å²) in [5.74, 6) is 1.51. The van der Waals surface area contributed by atoms with E-state index in [9.17, 15) is 0 Å². The number of allylic oxidation sites excluding steroid dienone is 3. The zero-order chi connectivity index (χ0) is 12.4. The van der Waals surface area contributed by atoms with Crippen LogP contribution in [0.3, 0.4) is 0 Å². The Labute approximate surface area is 101 Å². The summed E-state index contributed by atoms with van der Waals surface area (Å²) < 4.78 is 0. The van der Waals surface area contributed by atoms with Crippen molar-refractivity contribution in [3.05, 3.63) is 23.8 Å². The quantitative estimate of drug-likeness (QED) is 0.608. The Morgan fingerprint density at radius 2 is 1.88 bits per heavy atom. The highest BCUT2D eigenvalue weighted by Crippen LogP contribution is 2.14. The third-order valence-corrected chi connectivity index (χ3v) is 2.79. The zero-order valence-corrected chi connectivity index (χ0v) is 11.4. The van der Waals surface area contributed by atoms with Crippen LogP contribution in [0.15, 0.2) is 23.8 Å². The molecule has 0 fully saturated rings. The van der Waals surface area contributed by atoms with E-state index < -0.39 is 0 Å². The van der Waals surface area contributed by atoms with E-state index in [4.69, 9.17) is 5.11 Å².